The number of benzene rings is 1. The Morgan fingerprint density at radius 2 is 2.24 bits per heavy atom. The molecule has 21 heavy (non-hydrogen) atoms. The van der Waals surface area contributed by atoms with E-state index in [1.165, 1.54) is 6.07 Å². The number of hydrogen-bond donors (Lipinski definition) is 2. The molecule has 0 amide bonds. The highest BCUT2D eigenvalue weighted by Gasteiger charge is 2.27. The molecule has 0 saturated carbocycles. The summed E-state index contributed by atoms with van der Waals surface area (Å²) in [7, 11) is -3.55. The van der Waals surface area contributed by atoms with E-state index in [1.54, 1.807) is 6.07 Å². The van der Waals surface area contributed by atoms with Crippen molar-refractivity contribution in [1.29, 1.82) is 0 Å². The minimum Gasteiger partial charge on any atom is -0.489 e. The number of fused-ring (bicyclic) bond motifs is 1. The topological polar surface area (TPSA) is 67.4 Å². The molecule has 1 aromatic rings. The lowest BCUT2D eigenvalue weighted by molar-refractivity contribution is 0.255. The van der Waals surface area contributed by atoms with Crippen LogP contribution in [0.25, 0.3) is 0 Å². The number of nitrogens with one attached hydrogen (secondary N) is 2. The summed E-state index contributed by atoms with van der Waals surface area (Å²) in [6, 6.07) is 3.08. The lowest BCUT2D eigenvalue weighted by Gasteiger charge is -2.23. The standard InChI is InChI=1S/C14H19ClN2O3S/c1-9-5-10-6-12(7-13(15)14(10)20-9)21(18,19)17-11-3-2-4-16-8-11/h6-7,9,11,16-17H,2-5,8H2,1H3. The lowest BCUT2D eigenvalue weighted by Crippen LogP contribution is -2.45. The highest BCUT2D eigenvalue weighted by molar-refractivity contribution is 7.89. The molecule has 3 rings (SSSR count). The summed E-state index contributed by atoms with van der Waals surface area (Å²) in [6.07, 6.45) is 2.55. The first-order chi connectivity index (χ1) is 9.95. The molecule has 1 fully saturated rings. The van der Waals surface area contributed by atoms with Gasteiger partial charge in [-0.15, -0.1) is 0 Å². The van der Waals surface area contributed by atoms with Gasteiger partial charge in [0.2, 0.25) is 10.0 Å². The van der Waals surface area contributed by atoms with E-state index in [9.17, 15) is 8.42 Å². The molecule has 2 unspecified atom stereocenters. The zero-order valence-electron chi connectivity index (χ0n) is 11.9. The average Bonchev–Trinajstić information content (AvgIpc) is 2.80. The van der Waals surface area contributed by atoms with Crippen LogP contribution in [0, 0.1) is 0 Å². The van der Waals surface area contributed by atoms with E-state index in [0.29, 0.717) is 23.7 Å². The van der Waals surface area contributed by atoms with Crippen molar-refractivity contribution in [2.24, 2.45) is 0 Å². The Balaban J connectivity index is 1.86. The van der Waals surface area contributed by atoms with Gasteiger partial charge in [0.25, 0.3) is 0 Å². The monoisotopic (exact) mass is 330 g/mol. The lowest BCUT2D eigenvalue weighted by atomic mass is 10.1. The summed E-state index contributed by atoms with van der Waals surface area (Å²) < 4.78 is 33.3. The Hall–Kier alpha value is -0.820. The Kier molecular flexibility index (Phi) is 4.14. The van der Waals surface area contributed by atoms with Crippen LogP contribution in [0.1, 0.15) is 25.3 Å². The van der Waals surface area contributed by atoms with E-state index in [0.717, 1.165) is 24.9 Å². The molecule has 5 nitrogen and oxygen atoms in total. The molecule has 2 atom stereocenters. The third kappa shape index (κ3) is 3.18. The molecular weight excluding hydrogens is 312 g/mol. The number of halogens is 1. The zero-order chi connectivity index (χ0) is 15.0. The summed E-state index contributed by atoms with van der Waals surface area (Å²) in [5.41, 5.74) is 0.858. The van der Waals surface area contributed by atoms with Crippen LogP contribution < -0.4 is 14.8 Å². The first-order valence-electron chi connectivity index (χ1n) is 7.18. The maximum absolute atomic E-state index is 12.5. The number of sulfonamides is 1. The molecule has 0 radical (unpaired) electrons. The van der Waals surface area contributed by atoms with Gasteiger partial charge in [-0.05, 0) is 38.4 Å². The van der Waals surface area contributed by atoms with E-state index in [-0.39, 0.29) is 17.0 Å². The van der Waals surface area contributed by atoms with E-state index >= 15 is 0 Å². The summed E-state index contributed by atoms with van der Waals surface area (Å²) in [5.74, 6) is 0.613. The van der Waals surface area contributed by atoms with Crippen LogP contribution in [0.15, 0.2) is 17.0 Å². The highest BCUT2D eigenvalue weighted by atomic mass is 35.5. The van der Waals surface area contributed by atoms with Gasteiger partial charge in [0.15, 0.2) is 0 Å². The first-order valence-corrected chi connectivity index (χ1v) is 9.04. The van der Waals surface area contributed by atoms with Gasteiger partial charge in [-0.1, -0.05) is 11.6 Å². The number of piperidine rings is 1. The number of rotatable bonds is 3. The molecule has 116 valence electrons. The van der Waals surface area contributed by atoms with Gasteiger partial charge in [-0.3, -0.25) is 0 Å². The summed E-state index contributed by atoms with van der Waals surface area (Å²) in [4.78, 5) is 0.217. The summed E-state index contributed by atoms with van der Waals surface area (Å²) >= 11 is 6.16. The third-order valence-electron chi connectivity index (χ3n) is 3.85. The van der Waals surface area contributed by atoms with Gasteiger partial charge >= 0.3 is 0 Å². The van der Waals surface area contributed by atoms with Crippen molar-refractivity contribution in [1.82, 2.24) is 10.0 Å². The minimum absolute atomic E-state index is 0.0333. The van der Waals surface area contributed by atoms with Gasteiger partial charge in [-0.25, -0.2) is 13.1 Å². The Morgan fingerprint density at radius 1 is 1.43 bits per heavy atom. The second-order valence-electron chi connectivity index (χ2n) is 5.69. The predicted molar refractivity (Wildman–Crippen MR) is 81.5 cm³/mol. The first kappa shape index (κ1) is 15.1. The van der Waals surface area contributed by atoms with E-state index in [4.69, 9.17) is 16.3 Å². The van der Waals surface area contributed by atoms with Crippen molar-refractivity contribution >= 4 is 21.6 Å². The van der Waals surface area contributed by atoms with Crippen molar-refractivity contribution in [2.75, 3.05) is 13.1 Å². The Morgan fingerprint density at radius 3 is 2.95 bits per heavy atom. The molecule has 0 aliphatic carbocycles. The van der Waals surface area contributed by atoms with Gasteiger partial charge in [0.05, 0.1) is 9.92 Å². The van der Waals surface area contributed by atoms with Crippen molar-refractivity contribution in [3.63, 3.8) is 0 Å². The molecule has 0 bridgehead atoms. The second kappa shape index (κ2) is 5.76. The summed E-state index contributed by atoms with van der Waals surface area (Å²) in [6.45, 7) is 3.55. The zero-order valence-corrected chi connectivity index (χ0v) is 13.4. The van der Waals surface area contributed by atoms with Crippen molar-refractivity contribution < 1.29 is 13.2 Å². The van der Waals surface area contributed by atoms with E-state index in [2.05, 4.69) is 10.0 Å². The van der Waals surface area contributed by atoms with Crippen molar-refractivity contribution in [2.45, 2.75) is 43.2 Å². The molecule has 1 saturated heterocycles. The smallest absolute Gasteiger partial charge is 0.240 e. The highest BCUT2D eigenvalue weighted by Crippen LogP contribution is 2.38. The van der Waals surface area contributed by atoms with Crippen LogP contribution in [0.2, 0.25) is 5.02 Å². The number of hydrogen-bond acceptors (Lipinski definition) is 4. The maximum Gasteiger partial charge on any atom is 0.240 e. The Bertz CT molecular complexity index is 642. The molecule has 7 heteroatoms. The van der Waals surface area contributed by atoms with Crippen LogP contribution in [-0.4, -0.2) is 33.7 Å². The molecule has 2 heterocycles. The van der Waals surface area contributed by atoms with Crippen LogP contribution >= 0.6 is 11.6 Å². The molecule has 0 aromatic heterocycles. The minimum atomic E-state index is -3.55. The van der Waals surface area contributed by atoms with Crippen LogP contribution in [0.5, 0.6) is 5.75 Å². The van der Waals surface area contributed by atoms with Gasteiger partial charge in [0.1, 0.15) is 11.9 Å². The second-order valence-corrected chi connectivity index (χ2v) is 7.81. The van der Waals surface area contributed by atoms with Crippen molar-refractivity contribution in [3.8, 4) is 5.75 Å². The van der Waals surface area contributed by atoms with Gasteiger partial charge in [0, 0.05) is 24.6 Å². The predicted octanol–water partition coefficient (Wildman–Crippen LogP) is 1.69. The fourth-order valence-corrected chi connectivity index (χ4v) is 4.55. The third-order valence-corrected chi connectivity index (χ3v) is 5.63. The van der Waals surface area contributed by atoms with Crippen LogP contribution in [0.3, 0.4) is 0 Å². The maximum atomic E-state index is 12.5. The SMILES string of the molecule is CC1Cc2cc(S(=O)(=O)NC3CCCNC3)cc(Cl)c2O1. The molecular formula is C14H19ClN2O3S. The van der Waals surface area contributed by atoms with E-state index < -0.39 is 10.0 Å². The van der Waals surface area contributed by atoms with Gasteiger partial charge < -0.3 is 10.1 Å². The molecule has 2 aliphatic rings. The van der Waals surface area contributed by atoms with Crippen molar-refractivity contribution in [3.05, 3.63) is 22.7 Å². The average molecular weight is 331 g/mol. The fraction of sp³-hybridized carbons (Fsp3) is 0.571. The molecule has 2 aliphatic heterocycles. The Labute approximate surface area is 130 Å². The molecule has 2 N–H and O–H groups in total. The van der Waals surface area contributed by atoms with Crippen LogP contribution in [-0.2, 0) is 16.4 Å². The van der Waals surface area contributed by atoms with Crippen LogP contribution in [0.4, 0.5) is 0 Å². The van der Waals surface area contributed by atoms with E-state index in [1.807, 2.05) is 6.92 Å². The normalized spacial score (nSPS) is 25.4. The molecule has 1 aromatic carbocycles. The largest absolute Gasteiger partial charge is 0.489 e. The number of ether oxygens (including phenoxy) is 1. The van der Waals surface area contributed by atoms with Gasteiger partial charge in [-0.2, -0.15) is 0 Å². The molecule has 0 spiro atoms. The fourth-order valence-electron chi connectivity index (χ4n) is 2.85. The quantitative estimate of drug-likeness (QED) is 0.885. The summed E-state index contributed by atoms with van der Waals surface area (Å²) in [5, 5.41) is 3.55.